The minimum absolute atomic E-state index is 0.00413. The monoisotopic (exact) mass is 617 g/mol. The Labute approximate surface area is 257 Å². The van der Waals surface area contributed by atoms with Crippen LogP contribution in [-0.4, -0.2) is 96.0 Å². The number of rotatable bonds is 6. The molecule has 1 aromatic heterocycles. The van der Waals surface area contributed by atoms with Crippen molar-refractivity contribution >= 4 is 5.97 Å². The number of hydrogen-bond donors (Lipinski definition) is 5. The summed E-state index contributed by atoms with van der Waals surface area (Å²) in [5.41, 5.74) is 0.824. The van der Waals surface area contributed by atoms with Crippen molar-refractivity contribution in [2.24, 2.45) is 34.5 Å². The SMILES string of the molecule is C[C@]12CC[C@H](n3cc(CO[C@H]4O[C@H](CO)[C@@H](O)[C@H](O)[C@@H]4O)nn3)C[C@H]1CC[C@@H]1[C@@H]2CC[C@]2(C)[C@@H](C3=CC(=O)OC3)CC[C@]12O. The van der Waals surface area contributed by atoms with E-state index in [2.05, 4.69) is 24.2 Å². The van der Waals surface area contributed by atoms with E-state index in [0.717, 1.165) is 63.4 Å². The van der Waals surface area contributed by atoms with Gasteiger partial charge in [-0.05, 0) is 92.4 Å². The van der Waals surface area contributed by atoms with Crippen LogP contribution in [-0.2, 0) is 25.6 Å². The third kappa shape index (κ3) is 4.62. The van der Waals surface area contributed by atoms with E-state index in [-0.39, 0.29) is 41.3 Å². The van der Waals surface area contributed by atoms with Gasteiger partial charge in [-0.3, -0.25) is 0 Å². The van der Waals surface area contributed by atoms with Crippen molar-refractivity contribution in [3.63, 3.8) is 0 Å². The average molecular weight is 618 g/mol. The molecule has 6 aliphatic rings. The van der Waals surface area contributed by atoms with Gasteiger partial charge < -0.3 is 39.7 Å². The number of aromatic nitrogens is 3. The van der Waals surface area contributed by atoms with Crippen molar-refractivity contribution in [2.75, 3.05) is 13.2 Å². The second kappa shape index (κ2) is 11.1. The lowest BCUT2D eigenvalue weighted by Gasteiger charge is -2.63. The van der Waals surface area contributed by atoms with E-state index in [1.54, 1.807) is 6.08 Å². The van der Waals surface area contributed by atoms with Gasteiger partial charge in [-0.1, -0.05) is 19.1 Å². The molecule has 13 atom stereocenters. The van der Waals surface area contributed by atoms with E-state index in [9.17, 15) is 30.3 Å². The molecule has 2 aliphatic heterocycles. The maximum absolute atomic E-state index is 12.5. The maximum Gasteiger partial charge on any atom is 0.331 e. The molecule has 5 fully saturated rings. The zero-order chi connectivity index (χ0) is 31.0. The van der Waals surface area contributed by atoms with Gasteiger partial charge >= 0.3 is 5.97 Å². The largest absolute Gasteiger partial charge is 0.458 e. The van der Waals surface area contributed by atoms with Gasteiger partial charge in [0.25, 0.3) is 0 Å². The van der Waals surface area contributed by atoms with Crippen LogP contribution in [0.5, 0.6) is 0 Å². The van der Waals surface area contributed by atoms with E-state index in [1.165, 1.54) is 0 Å². The molecule has 44 heavy (non-hydrogen) atoms. The molecule has 4 aliphatic carbocycles. The van der Waals surface area contributed by atoms with Crippen LogP contribution in [0, 0.1) is 34.5 Å². The van der Waals surface area contributed by atoms with Crippen molar-refractivity contribution in [1.29, 1.82) is 0 Å². The van der Waals surface area contributed by atoms with E-state index in [0.29, 0.717) is 24.1 Å². The quantitative estimate of drug-likeness (QED) is 0.292. The zero-order valence-corrected chi connectivity index (χ0v) is 25.6. The highest BCUT2D eigenvalue weighted by atomic mass is 16.7. The second-order valence-electron chi connectivity index (χ2n) is 14.9. The number of carbonyl (C=O) groups is 1. The molecule has 5 N–H and O–H groups in total. The zero-order valence-electron chi connectivity index (χ0n) is 25.6. The normalized spacial score (nSPS) is 48.7. The summed E-state index contributed by atoms with van der Waals surface area (Å²) < 4.78 is 18.3. The van der Waals surface area contributed by atoms with Gasteiger partial charge in [0.15, 0.2) is 6.29 Å². The van der Waals surface area contributed by atoms with Crippen LogP contribution in [0.25, 0.3) is 0 Å². The van der Waals surface area contributed by atoms with Gasteiger partial charge in [-0.15, -0.1) is 5.10 Å². The topological polar surface area (TPSA) is 177 Å². The Bertz CT molecular complexity index is 1290. The van der Waals surface area contributed by atoms with Crippen LogP contribution in [0.15, 0.2) is 17.8 Å². The maximum atomic E-state index is 12.5. The summed E-state index contributed by atoms with van der Waals surface area (Å²) in [5.74, 6) is 1.20. The van der Waals surface area contributed by atoms with Crippen LogP contribution >= 0.6 is 0 Å². The Kier molecular flexibility index (Phi) is 7.75. The summed E-state index contributed by atoms with van der Waals surface area (Å²) in [7, 11) is 0. The highest BCUT2D eigenvalue weighted by molar-refractivity contribution is 5.85. The van der Waals surface area contributed by atoms with Gasteiger partial charge in [0.05, 0.1) is 31.1 Å². The standard InChI is InChI=1S/C32H47N3O9/c1-30-8-5-20(35-13-19(33-34-35)16-43-29-28(40)27(39)26(38)24(14-36)44-29)12-18(30)3-4-23-22(30)6-9-31(2)21(7-10-32(23,31)41)17-11-25(37)42-15-17/h11,13,18,20-24,26-29,36,38-41H,3-10,12,14-16H2,1-2H3/t18-,20+,21-,22+,23-,24-,26-,27+,28+,29+,30+,31-,32+/m1/s1. The summed E-state index contributed by atoms with van der Waals surface area (Å²) in [6.07, 6.45) is 5.79. The van der Waals surface area contributed by atoms with Crippen LogP contribution in [0.2, 0.25) is 0 Å². The molecule has 7 rings (SSSR count). The molecule has 0 bridgehead atoms. The number of aliphatic hydroxyl groups is 5. The molecule has 0 aromatic carbocycles. The molecular formula is C32H47N3O9. The first kappa shape index (κ1) is 30.7. The number of carbonyl (C=O) groups excluding carboxylic acids is 1. The summed E-state index contributed by atoms with van der Waals surface area (Å²) in [6, 6.07) is 0.206. The minimum atomic E-state index is -1.49. The smallest absolute Gasteiger partial charge is 0.331 e. The highest BCUT2D eigenvalue weighted by Crippen LogP contribution is 2.70. The molecule has 0 radical (unpaired) electrons. The molecule has 0 unspecified atom stereocenters. The van der Waals surface area contributed by atoms with Crippen LogP contribution in [0.3, 0.4) is 0 Å². The fraction of sp³-hybridized carbons (Fsp3) is 0.844. The molecule has 0 amide bonds. The van der Waals surface area contributed by atoms with E-state index in [1.807, 2.05) is 10.9 Å². The summed E-state index contributed by atoms with van der Waals surface area (Å²) >= 11 is 0. The molecule has 244 valence electrons. The number of fused-ring (bicyclic) bond motifs is 5. The van der Waals surface area contributed by atoms with Crippen LogP contribution in [0.1, 0.15) is 83.4 Å². The molecular weight excluding hydrogens is 570 g/mol. The third-order valence-electron chi connectivity index (χ3n) is 13.1. The Morgan fingerprint density at radius 3 is 2.59 bits per heavy atom. The van der Waals surface area contributed by atoms with Crippen molar-refractivity contribution in [2.45, 2.75) is 121 Å². The Morgan fingerprint density at radius 2 is 1.84 bits per heavy atom. The number of hydrogen-bond acceptors (Lipinski definition) is 11. The number of nitrogens with zero attached hydrogens (tertiary/aromatic N) is 3. The van der Waals surface area contributed by atoms with E-state index >= 15 is 0 Å². The summed E-state index contributed by atoms with van der Waals surface area (Å²) in [4.78, 5) is 11.8. The van der Waals surface area contributed by atoms with E-state index < -0.39 is 42.9 Å². The Hall–Kier alpha value is -1.93. The van der Waals surface area contributed by atoms with Crippen molar-refractivity contribution in [3.05, 3.63) is 23.5 Å². The number of esters is 1. The first-order valence-corrected chi connectivity index (χ1v) is 16.4. The van der Waals surface area contributed by atoms with Gasteiger partial charge in [0, 0.05) is 11.5 Å². The Morgan fingerprint density at radius 1 is 1.02 bits per heavy atom. The molecule has 4 saturated carbocycles. The lowest BCUT2D eigenvalue weighted by molar-refractivity contribution is -0.304. The van der Waals surface area contributed by atoms with Gasteiger partial charge in [0.2, 0.25) is 0 Å². The van der Waals surface area contributed by atoms with Crippen LogP contribution < -0.4 is 0 Å². The summed E-state index contributed by atoms with van der Waals surface area (Å²) in [5, 5.41) is 60.9. The van der Waals surface area contributed by atoms with E-state index in [4.69, 9.17) is 14.2 Å². The molecule has 0 spiro atoms. The number of aliphatic hydroxyl groups excluding tert-OH is 4. The number of cyclic esters (lactones) is 1. The second-order valence-corrected chi connectivity index (χ2v) is 14.9. The fourth-order valence-corrected chi connectivity index (χ4v) is 10.6. The first-order chi connectivity index (χ1) is 21.0. The number of ether oxygens (including phenoxy) is 3. The van der Waals surface area contributed by atoms with Crippen LogP contribution in [0.4, 0.5) is 0 Å². The molecule has 1 saturated heterocycles. The fourth-order valence-electron chi connectivity index (χ4n) is 10.6. The van der Waals surface area contributed by atoms with Gasteiger partial charge in [-0.25, -0.2) is 9.48 Å². The van der Waals surface area contributed by atoms with Gasteiger partial charge in [0.1, 0.15) is 36.7 Å². The van der Waals surface area contributed by atoms with Crippen molar-refractivity contribution in [3.8, 4) is 0 Å². The lowest BCUT2D eigenvalue weighted by Crippen LogP contribution is -2.62. The highest BCUT2D eigenvalue weighted by Gasteiger charge is 2.67. The molecule has 1 aromatic rings. The lowest BCUT2D eigenvalue weighted by atomic mass is 9.43. The van der Waals surface area contributed by atoms with Crippen molar-refractivity contribution in [1.82, 2.24) is 15.0 Å². The van der Waals surface area contributed by atoms with Crippen molar-refractivity contribution < 1.29 is 44.5 Å². The third-order valence-corrected chi connectivity index (χ3v) is 13.1. The predicted octanol–water partition coefficient (Wildman–Crippen LogP) is 1.39. The first-order valence-electron chi connectivity index (χ1n) is 16.4. The molecule has 3 heterocycles. The van der Waals surface area contributed by atoms with Gasteiger partial charge in [-0.2, -0.15) is 0 Å². The summed E-state index contributed by atoms with van der Waals surface area (Å²) in [6.45, 7) is 4.57. The molecule has 12 heteroatoms. The average Bonchev–Trinajstić information content (AvgIpc) is 3.72. The predicted molar refractivity (Wildman–Crippen MR) is 153 cm³/mol. The minimum Gasteiger partial charge on any atom is -0.458 e. The Balaban J connectivity index is 0.999. The molecule has 12 nitrogen and oxygen atoms in total.